The van der Waals surface area contributed by atoms with Gasteiger partial charge in [-0.3, -0.25) is 14.8 Å². The van der Waals surface area contributed by atoms with Gasteiger partial charge in [0.25, 0.3) is 5.91 Å². The van der Waals surface area contributed by atoms with Gasteiger partial charge in [0.2, 0.25) is 0 Å². The number of nitrogens with zero attached hydrogens (tertiary/aromatic N) is 3. The number of hydrogen-bond donors (Lipinski definition) is 3. The van der Waals surface area contributed by atoms with Crippen molar-refractivity contribution in [2.24, 2.45) is 0 Å². The first-order valence-corrected chi connectivity index (χ1v) is 11.7. The molecule has 1 atom stereocenters. The van der Waals surface area contributed by atoms with Gasteiger partial charge in [-0.25, -0.2) is 0 Å². The molecule has 7 nitrogen and oxygen atoms in total. The highest BCUT2D eigenvalue weighted by Crippen LogP contribution is 2.26. The molecular formula is C28H21N6OP. The first-order chi connectivity index (χ1) is 17.6. The lowest BCUT2D eigenvalue weighted by atomic mass is 10.1. The van der Waals surface area contributed by atoms with Gasteiger partial charge in [0.15, 0.2) is 0 Å². The standard InChI is InChI=1S/C28H21N6OP/c29-17-18-1-7-24-23(15-18)25(11-14-31-24)32-20-4-2-19(3-5-20)28(35)34-22-6-8-27(36)26(16-22)33-21-9-12-30-13-10-21/h1-16H,36H2,(H,30,33)(H,31,32)(H,34,35). The van der Waals surface area contributed by atoms with Crippen LogP contribution in [-0.4, -0.2) is 15.9 Å². The number of carbonyl (C=O) groups excluding carboxylic acids is 1. The van der Waals surface area contributed by atoms with E-state index in [2.05, 4.69) is 41.2 Å². The fourth-order valence-electron chi connectivity index (χ4n) is 3.72. The van der Waals surface area contributed by atoms with E-state index in [4.69, 9.17) is 0 Å². The molecule has 1 unspecified atom stereocenters. The zero-order valence-corrected chi connectivity index (χ0v) is 20.2. The monoisotopic (exact) mass is 488 g/mol. The molecule has 0 saturated heterocycles. The highest BCUT2D eigenvalue weighted by atomic mass is 31.0. The fourth-order valence-corrected chi connectivity index (χ4v) is 3.97. The number of fused-ring (bicyclic) bond motifs is 1. The second kappa shape index (κ2) is 10.2. The maximum atomic E-state index is 12.9. The summed E-state index contributed by atoms with van der Waals surface area (Å²) in [6.07, 6.45) is 5.15. The maximum absolute atomic E-state index is 12.9. The molecule has 5 rings (SSSR count). The van der Waals surface area contributed by atoms with E-state index >= 15 is 0 Å². The van der Waals surface area contributed by atoms with Gasteiger partial charge in [0, 0.05) is 58.0 Å². The van der Waals surface area contributed by atoms with E-state index < -0.39 is 0 Å². The third-order valence-electron chi connectivity index (χ3n) is 5.57. The maximum Gasteiger partial charge on any atom is 0.255 e. The van der Waals surface area contributed by atoms with Crippen LogP contribution in [0.25, 0.3) is 10.9 Å². The predicted octanol–water partition coefficient (Wildman–Crippen LogP) is 5.74. The van der Waals surface area contributed by atoms with E-state index in [0.717, 1.165) is 39.0 Å². The lowest BCUT2D eigenvalue weighted by Crippen LogP contribution is -2.13. The topological polar surface area (TPSA) is 103 Å². The molecule has 3 aromatic carbocycles. The summed E-state index contributed by atoms with van der Waals surface area (Å²) in [5.74, 6) is -0.207. The first-order valence-electron chi connectivity index (χ1n) is 11.1. The number of anilines is 5. The van der Waals surface area contributed by atoms with Crippen LogP contribution in [0.4, 0.5) is 28.4 Å². The van der Waals surface area contributed by atoms with Gasteiger partial charge in [0.1, 0.15) is 0 Å². The summed E-state index contributed by atoms with van der Waals surface area (Å²) in [6.45, 7) is 0. The molecule has 0 bridgehead atoms. The van der Waals surface area contributed by atoms with E-state index in [9.17, 15) is 10.1 Å². The van der Waals surface area contributed by atoms with Crippen molar-refractivity contribution in [2.45, 2.75) is 0 Å². The number of hydrogen-bond acceptors (Lipinski definition) is 6. The Kier molecular flexibility index (Phi) is 6.53. The first kappa shape index (κ1) is 23.0. The molecule has 5 aromatic rings. The highest BCUT2D eigenvalue weighted by Gasteiger charge is 2.09. The number of nitriles is 1. The Morgan fingerprint density at radius 2 is 1.50 bits per heavy atom. The molecular weight excluding hydrogens is 467 g/mol. The SMILES string of the molecule is N#Cc1ccc2nccc(Nc3ccc(C(=O)Nc4ccc(P)c(Nc5ccncc5)c4)cc3)c2c1. The van der Waals surface area contributed by atoms with Crippen LogP contribution in [0.15, 0.2) is 97.5 Å². The molecule has 0 spiro atoms. The van der Waals surface area contributed by atoms with Crippen molar-refractivity contribution in [3.05, 3.63) is 109 Å². The molecule has 3 N–H and O–H groups in total. The van der Waals surface area contributed by atoms with Gasteiger partial charge < -0.3 is 16.0 Å². The van der Waals surface area contributed by atoms with E-state index in [1.165, 1.54) is 0 Å². The normalized spacial score (nSPS) is 10.4. The molecule has 0 aliphatic heterocycles. The quantitative estimate of drug-likeness (QED) is 0.263. The minimum atomic E-state index is -0.207. The molecule has 36 heavy (non-hydrogen) atoms. The Morgan fingerprint density at radius 1 is 0.778 bits per heavy atom. The van der Waals surface area contributed by atoms with Crippen molar-refractivity contribution in [1.29, 1.82) is 5.26 Å². The van der Waals surface area contributed by atoms with Crippen molar-refractivity contribution < 1.29 is 4.79 Å². The number of benzene rings is 3. The molecule has 0 aliphatic carbocycles. The highest BCUT2D eigenvalue weighted by molar-refractivity contribution is 7.28. The number of carbonyl (C=O) groups is 1. The van der Waals surface area contributed by atoms with Gasteiger partial charge in [-0.05, 0) is 78.1 Å². The summed E-state index contributed by atoms with van der Waals surface area (Å²) in [5.41, 5.74) is 6.01. The number of aromatic nitrogens is 2. The van der Waals surface area contributed by atoms with Crippen molar-refractivity contribution in [2.75, 3.05) is 16.0 Å². The Balaban J connectivity index is 1.30. The predicted molar refractivity (Wildman–Crippen MR) is 147 cm³/mol. The second-order valence-electron chi connectivity index (χ2n) is 8.02. The van der Waals surface area contributed by atoms with Gasteiger partial charge in [-0.2, -0.15) is 5.26 Å². The van der Waals surface area contributed by atoms with Crippen molar-refractivity contribution in [3.8, 4) is 6.07 Å². The minimum absolute atomic E-state index is 0.207. The Bertz CT molecular complexity index is 1600. The van der Waals surface area contributed by atoms with Crippen LogP contribution in [0.2, 0.25) is 0 Å². The van der Waals surface area contributed by atoms with Gasteiger partial charge in [0.05, 0.1) is 17.1 Å². The molecule has 0 aliphatic rings. The largest absolute Gasteiger partial charge is 0.355 e. The van der Waals surface area contributed by atoms with Crippen LogP contribution < -0.4 is 21.3 Å². The summed E-state index contributed by atoms with van der Waals surface area (Å²) in [4.78, 5) is 21.3. The van der Waals surface area contributed by atoms with Crippen LogP contribution in [0.5, 0.6) is 0 Å². The molecule has 0 radical (unpaired) electrons. The Labute approximate surface area is 210 Å². The molecule has 0 saturated carbocycles. The summed E-state index contributed by atoms with van der Waals surface area (Å²) in [6, 6.07) is 26.1. The zero-order chi connectivity index (χ0) is 24.9. The average Bonchev–Trinajstić information content (AvgIpc) is 2.91. The number of nitrogens with one attached hydrogen (secondary N) is 3. The van der Waals surface area contributed by atoms with Crippen LogP contribution in [-0.2, 0) is 0 Å². The number of rotatable bonds is 6. The number of amides is 1. The summed E-state index contributed by atoms with van der Waals surface area (Å²) in [5, 5.41) is 20.7. The number of pyridine rings is 2. The Hall–Kier alpha value is -4.79. The summed E-state index contributed by atoms with van der Waals surface area (Å²) >= 11 is 0. The molecule has 2 heterocycles. The smallest absolute Gasteiger partial charge is 0.255 e. The van der Waals surface area contributed by atoms with Crippen LogP contribution >= 0.6 is 9.24 Å². The van der Waals surface area contributed by atoms with E-state index in [-0.39, 0.29) is 5.91 Å². The molecule has 8 heteroatoms. The molecule has 0 fully saturated rings. The molecule has 2 aromatic heterocycles. The minimum Gasteiger partial charge on any atom is -0.355 e. The van der Waals surface area contributed by atoms with Crippen molar-refractivity contribution >= 4 is 59.8 Å². The summed E-state index contributed by atoms with van der Waals surface area (Å²) in [7, 11) is 2.69. The van der Waals surface area contributed by atoms with Crippen LogP contribution in [0.3, 0.4) is 0 Å². The fraction of sp³-hybridized carbons (Fsp3) is 0. The lowest BCUT2D eigenvalue weighted by molar-refractivity contribution is 0.102. The third-order valence-corrected chi connectivity index (χ3v) is 6.07. The lowest BCUT2D eigenvalue weighted by Gasteiger charge is -2.13. The zero-order valence-electron chi connectivity index (χ0n) is 19.1. The molecule has 1 amide bonds. The second-order valence-corrected chi connectivity index (χ2v) is 8.64. The van der Waals surface area contributed by atoms with Gasteiger partial charge in [-0.1, -0.05) is 6.07 Å². The van der Waals surface area contributed by atoms with Crippen molar-refractivity contribution in [3.63, 3.8) is 0 Å². The van der Waals surface area contributed by atoms with Gasteiger partial charge in [-0.15, -0.1) is 9.24 Å². The summed E-state index contributed by atoms with van der Waals surface area (Å²) < 4.78 is 0. The van der Waals surface area contributed by atoms with Crippen LogP contribution in [0.1, 0.15) is 15.9 Å². The van der Waals surface area contributed by atoms with Crippen molar-refractivity contribution in [1.82, 2.24) is 9.97 Å². The third kappa shape index (κ3) is 5.15. The van der Waals surface area contributed by atoms with E-state index in [0.29, 0.717) is 16.8 Å². The van der Waals surface area contributed by atoms with Crippen LogP contribution in [0, 0.1) is 11.3 Å². The average molecular weight is 488 g/mol. The van der Waals surface area contributed by atoms with Gasteiger partial charge >= 0.3 is 0 Å². The molecule has 174 valence electrons. The van der Waals surface area contributed by atoms with E-state index in [1.807, 2.05) is 60.7 Å². The Morgan fingerprint density at radius 3 is 2.28 bits per heavy atom. The van der Waals surface area contributed by atoms with E-state index in [1.54, 1.807) is 36.8 Å².